The lowest BCUT2D eigenvalue weighted by Crippen LogP contribution is -2.43. The Hall–Kier alpha value is -3.89. The molecule has 0 aliphatic carbocycles. The highest BCUT2D eigenvalue weighted by molar-refractivity contribution is 5.85. The molecule has 38 heavy (non-hydrogen) atoms. The maximum absolute atomic E-state index is 15.0. The number of aryl methyl sites for hydroxylation is 1. The zero-order valence-corrected chi connectivity index (χ0v) is 21.5. The molecule has 0 spiro atoms. The van der Waals surface area contributed by atoms with Gasteiger partial charge in [-0.1, -0.05) is 0 Å². The Bertz CT molecular complexity index is 1640. The van der Waals surface area contributed by atoms with Gasteiger partial charge in [-0.05, 0) is 57.2 Å². The van der Waals surface area contributed by atoms with Crippen molar-refractivity contribution in [3.8, 4) is 11.3 Å². The minimum atomic E-state index is -0.630. The summed E-state index contributed by atoms with van der Waals surface area (Å²) in [6, 6.07) is 11.4. The maximum atomic E-state index is 15.0. The predicted molar refractivity (Wildman–Crippen MR) is 144 cm³/mol. The van der Waals surface area contributed by atoms with E-state index in [9.17, 15) is 8.78 Å². The van der Waals surface area contributed by atoms with Crippen LogP contribution in [0.15, 0.2) is 48.8 Å². The number of ether oxygens (including phenoxy) is 1. The van der Waals surface area contributed by atoms with Crippen molar-refractivity contribution in [1.29, 1.82) is 0 Å². The fourth-order valence-electron chi connectivity index (χ4n) is 5.23. The Balaban J connectivity index is 1.29. The van der Waals surface area contributed by atoms with E-state index in [-0.39, 0.29) is 29.2 Å². The largest absolute Gasteiger partial charge is 0.378 e. The number of imidazole rings is 1. The molecular formula is C28H29F2N7O. The van der Waals surface area contributed by atoms with Gasteiger partial charge >= 0.3 is 0 Å². The molecule has 10 heteroatoms. The molecule has 3 aromatic heterocycles. The quantitative estimate of drug-likeness (QED) is 0.316. The molecule has 0 amide bonds. The van der Waals surface area contributed by atoms with Crippen LogP contribution in [0.4, 0.5) is 20.4 Å². The van der Waals surface area contributed by atoms with Crippen LogP contribution in [-0.2, 0) is 11.3 Å². The summed E-state index contributed by atoms with van der Waals surface area (Å²) >= 11 is 0. The number of hydrogen-bond donors (Lipinski definition) is 2. The van der Waals surface area contributed by atoms with Crippen LogP contribution in [0.1, 0.15) is 25.7 Å². The van der Waals surface area contributed by atoms with Gasteiger partial charge in [0.25, 0.3) is 0 Å². The van der Waals surface area contributed by atoms with Crippen molar-refractivity contribution in [3.05, 3.63) is 66.3 Å². The number of nitrogens with one attached hydrogen (secondary N) is 2. The summed E-state index contributed by atoms with van der Waals surface area (Å²) in [6.45, 7) is 8.95. The summed E-state index contributed by atoms with van der Waals surface area (Å²) in [6.07, 6.45) is 3.16. The van der Waals surface area contributed by atoms with Crippen molar-refractivity contribution >= 4 is 33.6 Å². The Morgan fingerprint density at radius 1 is 1.11 bits per heavy atom. The van der Waals surface area contributed by atoms with Crippen LogP contribution < -0.4 is 10.6 Å². The van der Waals surface area contributed by atoms with Crippen molar-refractivity contribution in [2.75, 3.05) is 25.1 Å². The van der Waals surface area contributed by atoms with Gasteiger partial charge in [-0.15, -0.1) is 0 Å². The zero-order valence-electron chi connectivity index (χ0n) is 21.5. The Morgan fingerprint density at radius 2 is 1.97 bits per heavy atom. The summed E-state index contributed by atoms with van der Waals surface area (Å²) in [4.78, 5) is 12.9. The topological polar surface area (TPSA) is 81.8 Å². The highest BCUT2D eigenvalue weighted by Gasteiger charge is 2.19. The van der Waals surface area contributed by atoms with Gasteiger partial charge in [0.15, 0.2) is 11.6 Å². The molecule has 2 N–H and O–H groups in total. The van der Waals surface area contributed by atoms with E-state index in [2.05, 4.69) is 42.4 Å². The molecule has 0 radical (unpaired) electrons. The summed E-state index contributed by atoms with van der Waals surface area (Å²) in [7, 11) is 0. The summed E-state index contributed by atoms with van der Waals surface area (Å²) < 4.78 is 39.6. The molecule has 1 fully saturated rings. The van der Waals surface area contributed by atoms with Gasteiger partial charge in [0, 0.05) is 53.5 Å². The number of nitrogens with zero attached hydrogens (tertiary/aromatic N) is 5. The third-order valence-electron chi connectivity index (χ3n) is 6.90. The normalized spacial score (nSPS) is 16.1. The smallest absolute Gasteiger partial charge is 0.227 e. The van der Waals surface area contributed by atoms with Crippen molar-refractivity contribution in [2.45, 2.75) is 39.4 Å². The fraction of sp³-hybridized carbons (Fsp3) is 0.321. The number of rotatable bonds is 6. The Kier molecular flexibility index (Phi) is 6.29. The number of hydrogen-bond acceptors (Lipinski definition) is 6. The zero-order chi connectivity index (χ0) is 26.4. The van der Waals surface area contributed by atoms with Crippen molar-refractivity contribution < 1.29 is 13.5 Å². The van der Waals surface area contributed by atoms with E-state index in [0.717, 1.165) is 42.5 Å². The molecule has 5 aromatic rings. The fourth-order valence-corrected chi connectivity index (χ4v) is 5.23. The van der Waals surface area contributed by atoms with Crippen molar-refractivity contribution in [2.24, 2.45) is 0 Å². The first kappa shape index (κ1) is 24.4. The SMILES string of the molecule is Cc1nc2c(F)cc(-c3nc(Nc4ccc5c(ccn5CC5COCCN5)c4)ncc3F)cc2n1C(C)C. The van der Waals surface area contributed by atoms with E-state index in [4.69, 9.17) is 4.74 Å². The first-order valence-corrected chi connectivity index (χ1v) is 12.8. The average molecular weight is 518 g/mol. The lowest BCUT2D eigenvalue weighted by Gasteiger charge is -2.24. The minimum absolute atomic E-state index is 0.0203. The monoisotopic (exact) mass is 517 g/mol. The molecule has 0 bridgehead atoms. The number of benzene rings is 2. The van der Waals surface area contributed by atoms with Crippen LogP contribution in [0.3, 0.4) is 0 Å². The molecule has 6 rings (SSSR count). The number of morpholine rings is 1. The second-order valence-electron chi connectivity index (χ2n) is 9.93. The Labute approximate surface area is 218 Å². The summed E-state index contributed by atoms with van der Waals surface area (Å²) in [5.41, 5.74) is 3.08. The minimum Gasteiger partial charge on any atom is -0.378 e. The third-order valence-corrected chi connectivity index (χ3v) is 6.90. The van der Waals surface area contributed by atoms with Gasteiger partial charge in [0.2, 0.25) is 5.95 Å². The number of halogens is 2. The van der Waals surface area contributed by atoms with E-state index in [1.807, 2.05) is 43.5 Å². The number of fused-ring (bicyclic) bond motifs is 2. The van der Waals surface area contributed by atoms with Gasteiger partial charge in [-0.3, -0.25) is 0 Å². The molecule has 1 atom stereocenters. The van der Waals surface area contributed by atoms with E-state index in [1.165, 1.54) is 6.07 Å². The van der Waals surface area contributed by atoms with E-state index >= 15 is 0 Å². The highest BCUT2D eigenvalue weighted by Crippen LogP contribution is 2.31. The van der Waals surface area contributed by atoms with Gasteiger partial charge in [0.05, 0.1) is 24.9 Å². The molecule has 4 heterocycles. The number of anilines is 2. The molecule has 8 nitrogen and oxygen atoms in total. The first-order valence-electron chi connectivity index (χ1n) is 12.8. The van der Waals surface area contributed by atoms with Crippen LogP contribution in [0.25, 0.3) is 33.2 Å². The van der Waals surface area contributed by atoms with Crippen LogP contribution in [0.5, 0.6) is 0 Å². The van der Waals surface area contributed by atoms with Crippen LogP contribution in [0.2, 0.25) is 0 Å². The lowest BCUT2D eigenvalue weighted by atomic mass is 10.1. The molecular weight excluding hydrogens is 488 g/mol. The molecule has 0 saturated carbocycles. The van der Waals surface area contributed by atoms with Crippen LogP contribution >= 0.6 is 0 Å². The van der Waals surface area contributed by atoms with E-state index in [1.54, 1.807) is 6.07 Å². The average Bonchev–Trinajstić information content (AvgIpc) is 3.45. The first-order chi connectivity index (χ1) is 18.4. The van der Waals surface area contributed by atoms with Crippen molar-refractivity contribution in [3.63, 3.8) is 0 Å². The molecule has 1 aliphatic rings. The molecule has 2 aromatic carbocycles. The Morgan fingerprint density at radius 3 is 2.76 bits per heavy atom. The molecule has 196 valence electrons. The molecule has 1 aliphatic heterocycles. The van der Waals surface area contributed by atoms with Crippen LogP contribution in [0, 0.1) is 18.6 Å². The second kappa shape index (κ2) is 9.77. The number of aromatic nitrogens is 5. The predicted octanol–water partition coefficient (Wildman–Crippen LogP) is 5.35. The molecule has 1 saturated heterocycles. The summed E-state index contributed by atoms with van der Waals surface area (Å²) in [5, 5.41) is 7.70. The standard InChI is InChI=1S/C28H29F2N7O/c1-16(2)37-17(3)33-27-22(29)11-19(12-25(27)37)26-23(30)13-32-28(35-26)34-20-4-5-24-18(10-20)6-8-36(24)14-21-15-38-9-7-31-21/h4-6,8,10-13,16,21,31H,7,9,14-15H2,1-3H3,(H,32,34,35). The highest BCUT2D eigenvalue weighted by atomic mass is 19.1. The van der Waals surface area contributed by atoms with Gasteiger partial charge in [0.1, 0.15) is 17.0 Å². The maximum Gasteiger partial charge on any atom is 0.227 e. The second-order valence-corrected chi connectivity index (χ2v) is 9.93. The lowest BCUT2D eigenvalue weighted by molar-refractivity contribution is 0.0718. The van der Waals surface area contributed by atoms with E-state index < -0.39 is 11.6 Å². The third kappa shape index (κ3) is 4.50. The summed E-state index contributed by atoms with van der Waals surface area (Å²) in [5.74, 6) is -0.228. The van der Waals surface area contributed by atoms with Crippen molar-refractivity contribution in [1.82, 2.24) is 29.4 Å². The van der Waals surface area contributed by atoms with Crippen LogP contribution in [-0.4, -0.2) is 49.9 Å². The van der Waals surface area contributed by atoms with E-state index in [0.29, 0.717) is 23.5 Å². The van der Waals surface area contributed by atoms with Gasteiger partial charge in [-0.2, -0.15) is 0 Å². The molecule has 1 unspecified atom stereocenters. The van der Waals surface area contributed by atoms with Gasteiger partial charge in [-0.25, -0.2) is 23.7 Å². The van der Waals surface area contributed by atoms with Gasteiger partial charge < -0.3 is 24.5 Å².